The second kappa shape index (κ2) is 4.64. The van der Waals surface area contributed by atoms with E-state index in [4.69, 9.17) is 5.73 Å². The maximum absolute atomic E-state index is 5.86. The van der Waals surface area contributed by atoms with Crippen LogP contribution < -0.4 is 5.73 Å². The molecule has 2 nitrogen and oxygen atoms in total. The third kappa shape index (κ3) is 2.25. The zero-order valence-corrected chi connectivity index (χ0v) is 10.6. The van der Waals surface area contributed by atoms with Crippen LogP contribution >= 0.6 is 15.9 Å². The summed E-state index contributed by atoms with van der Waals surface area (Å²) in [5.74, 6) is 0. The zero-order chi connectivity index (χ0) is 10.8. The van der Waals surface area contributed by atoms with Crippen molar-refractivity contribution in [2.75, 3.05) is 20.1 Å². The predicted octanol–water partition coefficient (Wildman–Crippen LogP) is 2.33. The number of aryl methyl sites for hydroxylation is 1. The van der Waals surface area contributed by atoms with Gasteiger partial charge in [-0.05, 0) is 49.7 Å². The number of likely N-dealkylation sites (N-methyl/N-ethyl adjacent to an activating group) is 1. The van der Waals surface area contributed by atoms with E-state index in [9.17, 15) is 0 Å². The SMILES string of the molecule is CN1CCCc2cc(Br)ccc2C1CN. The van der Waals surface area contributed by atoms with Crippen molar-refractivity contribution in [3.8, 4) is 0 Å². The average Bonchev–Trinajstić information content (AvgIpc) is 2.36. The van der Waals surface area contributed by atoms with E-state index in [-0.39, 0.29) is 0 Å². The van der Waals surface area contributed by atoms with Crippen molar-refractivity contribution in [1.82, 2.24) is 4.90 Å². The van der Waals surface area contributed by atoms with Gasteiger partial charge in [0.25, 0.3) is 0 Å². The summed E-state index contributed by atoms with van der Waals surface area (Å²) in [4.78, 5) is 2.36. The highest BCUT2D eigenvalue weighted by Gasteiger charge is 2.21. The lowest BCUT2D eigenvalue weighted by atomic mass is 9.99. The van der Waals surface area contributed by atoms with Crippen LogP contribution in [0.15, 0.2) is 22.7 Å². The molecular weight excluding hydrogens is 252 g/mol. The van der Waals surface area contributed by atoms with Gasteiger partial charge in [0, 0.05) is 17.1 Å². The Morgan fingerprint density at radius 2 is 2.33 bits per heavy atom. The largest absolute Gasteiger partial charge is 0.329 e. The lowest BCUT2D eigenvalue weighted by Crippen LogP contribution is -2.30. The van der Waals surface area contributed by atoms with Gasteiger partial charge in [0.1, 0.15) is 0 Å². The topological polar surface area (TPSA) is 29.3 Å². The molecule has 0 saturated heterocycles. The highest BCUT2D eigenvalue weighted by atomic mass is 79.9. The van der Waals surface area contributed by atoms with E-state index in [1.807, 2.05) is 0 Å². The Hall–Kier alpha value is -0.380. The Bertz CT molecular complexity index is 351. The molecule has 1 aliphatic rings. The average molecular weight is 269 g/mol. The van der Waals surface area contributed by atoms with Gasteiger partial charge < -0.3 is 5.73 Å². The second-order valence-corrected chi connectivity index (χ2v) is 5.09. The number of hydrogen-bond donors (Lipinski definition) is 1. The lowest BCUT2D eigenvalue weighted by Gasteiger charge is -2.25. The van der Waals surface area contributed by atoms with E-state index in [2.05, 4.69) is 46.1 Å². The number of hydrogen-bond acceptors (Lipinski definition) is 2. The minimum absolute atomic E-state index is 0.385. The summed E-state index contributed by atoms with van der Waals surface area (Å²) in [5.41, 5.74) is 8.71. The van der Waals surface area contributed by atoms with Crippen LogP contribution in [0.3, 0.4) is 0 Å². The summed E-state index contributed by atoms with van der Waals surface area (Å²) in [6.45, 7) is 1.83. The van der Waals surface area contributed by atoms with Crippen LogP contribution in [0.1, 0.15) is 23.6 Å². The molecular formula is C12H17BrN2. The van der Waals surface area contributed by atoms with E-state index in [1.165, 1.54) is 22.0 Å². The van der Waals surface area contributed by atoms with Crippen molar-refractivity contribution in [1.29, 1.82) is 0 Å². The number of nitrogens with zero attached hydrogens (tertiary/aromatic N) is 1. The van der Waals surface area contributed by atoms with Gasteiger partial charge in [-0.3, -0.25) is 4.90 Å². The highest BCUT2D eigenvalue weighted by Crippen LogP contribution is 2.29. The molecule has 0 saturated carbocycles. The van der Waals surface area contributed by atoms with E-state index in [1.54, 1.807) is 0 Å². The zero-order valence-electron chi connectivity index (χ0n) is 9.04. The first-order valence-corrected chi connectivity index (χ1v) is 6.20. The van der Waals surface area contributed by atoms with Crippen LogP contribution in [0.25, 0.3) is 0 Å². The van der Waals surface area contributed by atoms with Crippen molar-refractivity contribution in [2.24, 2.45) is 5.73 Å². The van der Waals surface area contributed by atoms with Gasteiger partial charge >= 0.3 is 0 Å². The molecule has 3 heteroatoms. The minimum atomic E-state index is 0.385. The monoisotopic (exact) mass is 268 g/mol. The van der Waals surface area contributed by atoms with Crippen molar-refractivity contribution in [3.05, 3.63) is 33.8 Å². The Labute approximate surface area is 99.6 Å². The molecule has 0 amide bonds. The molecule has 0 spiro atoms. The number of benzene rings is 1. The van der Waals surface area contributed by atoms with E-state index < -0.39 is 0 Å². The van der Waals surface area contributed by atoms with Gasteiger partial charge in [-0.25, -0.2) is 0 Å². The smallest absolute Gasteiger partial charge is 0.0470 e. The Kier molecular flexibility index (Phi) is 3.44. The molecule has 1 heterocycles. The maximum atomic E-state index is 5.86. The highest BCUT2D eigenvalue weighted by molar-refractivity contribution is 9.10. The van der Waals surface area contributed by atoms with E-state index in [0.29, 0.717) is 12.6 Å². The van der Waals surface area contributed by atoms with Crippen LogP contribution in [-0.4, -0.2) is 25.0 Å². The molecule has 0 bridgehead atoms. The molecule has 1 aromatic rings. The van der Waals surface area contributed by atoms with Crippen molar-refractivity contribution in [2.45, 2.75) is 18.9 Å². The normalized spacial score (nSPS) is 22.2. The lowest BCUT2D eigenvalue weighted by molar-refractivity contribution is 0.256. The third-order valence-corrected chi connectivity index (χ3v) is 3.67. The van der Waals surface area contributed by atoms with Crippen LogP contribution in [-0.2, 0) is 6.42 Å². The second-order valence-electron chi connectivity index (χ2n) is 4.18. The molecule has 0 fully saturated rings. The van der Waals surface area contributed by atoms with Gasteiger partial charge in [0.15, 0.2) is 0 Å². The first-order valence-electron chi connectivity index (χ1n) is 5.41. The van der Waals surface area contributed by atoms with Crippen molar-refractivity contribution >= 4 is 15.9 Å². The molecule has 1 aromatic carbocycles. The van der Waals surface area contributed by atoms with Crippen molar-refractivity contribution < 1.29 is 0 Å². The standard InChI is InChI=1S/C12H17BrN2/c1-15-6-2-3-9-7-10(13)4-5-11(9)12(15)8-14/h4-5,7,12H,2-3,6,8,14H2,1H3. The summed E-state index contributed by atoms with van der Waals surface area (Å²) < 4.78 is 1.17. The maximum Gasteiger partial charge on any atom is 0.0470 e. The van der Waals surface area contributed by atoms with Gasteiger partial charge in [-0.1, -0.05) is 22.0 Å². The molecule has 82 valence electrons. The van der Waals surface area contributed by atoms with Gasteiger partial charge in [-0.15, -0.1) is 0 Å². The minimum Gasteiger partial charge on any atom is -0.329 e. The Balaban J connectivity index is 2.43. The summed E-state index contributed by atoms with van der Waals surface area (Å²) in [7, 11) is 2.16. The molecule has 1 unspecified atom stereocenters. The van der Waals surface area contributed by atoms with Gasteiger partial charge in [0.2, 0.25) is 0 Å². The van der Waals surface area contributed by atoms with E-state index >= 15 is 0 Å². The number of rotatable bonds is 1. The van der Waals surface area contributed by atoms with Crippen LogP contribution in [0.4, 0.5) is 0 Å². The number of fused-ring (bicyclic) bond motifs is 1. The molecule has 1 atom stereocenters. The van der Waals surface area contributed by atoms with E-state index in [0.717, 1.165) is 13.0 Å². The molecule has 0 radical (unpaired) electrons. The number of halogens is 1. The summed E-state index contributed by atoms with van der Waals surface area (Å²) >= 11 is 3.53. The van der Waals surface area contributed by atoms with Crippen LogP contribution in [0, 0.1) is 0 Å². The third-order valence-electron chi connectivity index (χ3n) is 3.18. The summed E-state index contributed by atoms with van der Waals surface area (Å²) in [5, 5.41) is 0. The first kappa shape index (κ1) is 11.1. The molecule has 2 N–H and O–H groups in total. The fraction of sp³-hybridized carbons (Fsp3) is 0.500. The number of nitrogens with two attached hydrogens (primary N) is 1. The summed E-state index contributed by atoms with van der Waals surface area (Å²) in [6, 6.07) is 6.94. The first-order chi connectivity index (χ1) is 7.22. The fourth-order valence-electron chi connectivity index (χ4n) is 2.33. The van der Waals surface area contributed by atoms with Crippen molar-refractivity contribution in [3.63, 3.8) is 0 Å². The van der Waals surface area contributed by atoms with Gasteiger partial charge in [0.05, 0.1) is 0 Å². The molecule has 2 rings (SSSR count). The molecule has 0 aromatic heterocycles. The Morgan fingerprint density at radius 1 is 1.53 bits per heavy atom. The quantitative estimate of drug-likeness (QED) is 0.847. The predicted molar refractivity (Wildman–Crippen MR) is 66.9 cm³/mol. The summed E-state index contributed by atoms with van der Waals surface area (Å²) in [6.07, 6.45) is 2.38. The van der Waals surface area contributed by atoms with Crippen LogP contribution in [0.2, 0.25) is 0 Å². The molecule has 15 heavy (non-hydrogen) atoms. The molecule has 0 aliphatic carbocycles. The van der Waals surface area contributed by atoms with Crippen LogP contribution in [0.5, 0.6) is 0 Å². The van der Waals surface area contributed by atoms with Gasteiger partial charge in [-0.2, -0.15) is 0 Å². The molecule has 1 aliphatic heterocycles. The Morgan fingerprint density at radius 3 is 3.07 bits per heavy atom. The fourth-order valence-corrected chi connectivity index (χ4v) is 2.74.